The van der Waals surface area contributed by atoms with Crippen LogP contribution in [-0.2, 0) is 9.59 Å². The number of pyridine rings is 1. The predicted octanol–water partition coefficient (Wildman–Crippen LogP) is 0.410. The zero-order valence-electron chi connectivity index (χ0n) is 7.73. The van der Waals surface area contributed by atoms with Crippen molar-refractivity contribution in [3.05, 3.63) is 35.7 Å². The zero-order chi connectivity index (χ0) is 10.4. The van der Waals surface area contributed by atoms with E-state index in [0.29, 0.717) is 12.0 Å². The topological polar surface area (TPSA) is 59.1 Å². The molecule has 72 valence electrons. The van der Waals surface area contributed by atoms with Gasteiger partial charge in [-0.15, -0.1) is 0 Å². The Morgan fingerprint density at radius 3 is 2.79 bits per heavy atom. The summed E-state index contributed by atoms with van der Waals surface area (Å²) in [5.41, 5.74) is 0.643. The maximum Gasteiger partial charge on any atom is 0.254 e. The molecule has 4 nitrogen and oxygen atoms in total. The van der Waals surface area contributed by atoms with Crippen LogP contribution in [0.15, 0.2) is 30.0 Å². The Kier molecular flexibility index (Phi) is 3.55. The molecule has 0 fully saturated rings. The van der Waals surface area contributed by atoms with E-state index < -0.39 is 5.91 Å². The first-order valence-electron chi connectivity index (χ1n) is 4.08. The third-order valence-electron chi connectivity index (χ3n) is 1.61. The van der Waals surface area contributed by atoms with Gasteiger partial charge in [0.05, 0.1) is 11.3 Å². The van der Waals surface area contributed by atoms with E-state index in [0.717, 1.165) is 0 Å². The molecule has 1 aromatic heterocycles. The molecule has 0 aromatic carbocycles. The number of nitrogens with zero attached hydrogens (tertiary/aromatic N) is 1. The van der Waals surface area contributed by atoms with Crippen LogP contribution in [0.25, 0.3) is 6.08 Å². The lowest BCUT2D eigenvalue weighted by atomic mass is 10.2. The van der Waals surface area contributed by atoms with E-state index in [1.807, 2.05) is 0 Å². The van der Waals surface area contributed by atoms with Gasteiger partial charge < -0.3 is 5.32 Å². The second-order valence-electron chi connectivity index (χ2n) is 2.55. The molecule has 4 heteroatoms. The SMILES string of the molecule is CNC(=O)C(C=O)=Cc1ccccn1. The smallest absolute Gasteiger partial charge is 0.254 e. The minimum Gasteiger partial charge on any atom is -0.355 e. The number of aromatic nitrogens is 1. The number of nitrogens with one attached hydrogen (secondary N) is 1. The van der Waals surface area contributed by atoms with Crippen molar-refractivity contribution in [3.63, 3.8) is 0 Å². The van der Waals surface area contributed by atoms with Gasteiger partial charge in [0.1, 0.15) is 0 Å². The van der Waals surface area contributed by atoms with E-state index in [-0.39, 0.29) is 5.57 Å². The van der Waals surface area contributed by atoms with Crippen molar-refractivity contribution in [2.75, 3.05) is 7.05 Å². The summed E-state index contributed by atoms with van der Waals surface area (Å²) in [5.74, 6) is -0.411. The summed E-state index contributed by atoms with van der Waals surface area (Å²) in [5, 5.41) is 2.37. The van der Waals surface area contributed by atoms with E-state index in [9.17, 15) is 9.59 Å². The molecule has 1 aromatic rings. The molecule has 0 saturated carbocycles. The van der Waals surface area contributed by atoms with Crippen LogP contribution in [0.3, 0.4) is 0 Å². The van der Waals surface area contributed by atoms with Crippen molar-refractivity contribution in [1.82, 2.24) is 10.3 Å². The Bertz CT molecular complexity index is 358. The predicted molar refractivity (Wildman–Crippen MR) is 52.3 cm³/mol. The second kappa shape index (κ2) is 4.91. The number of hydrogen-bond acceptors (Lipinski definition) is 3. The molecular formula is C10H10N2O2. The minimum atomic E-state index is -0.411. The monoisotopic (exact) mass is 190 g/mol. The zero-order valence-corrected chi connectivity index (χ0v) is 7.73. The Morgan fingerprint density at radius 2 is 2.29 bits per heavy atom. The molecule has 0 aliphatic rings. The summed E-state index contributed by atoms with van der Waals surface area (Å²) < 4.78 is 0. The van der Waals surface area contributed by atoms with Crippen LogP contribution < -0.4 is 5.32 Å². The summed E-state index contributed by atoms with van der Waals surface area (Å²) >= 11 is 0. The number of carbonyl (C=O) groups is 2. The van der Waals surface area contributed by atoms with Crippen molar-refractivity contribution >= 4 is 18.3 Å². The van der Waals surface area contributed by atoms with Crippen LogP contribution in [-0.4, -0.2) is 24.2 Å². The Hall–Kier alpha value is -1.97. The van der Waals surface area contributed by atoms with Crippen LogP contribution in [0.1, 0.15) is 5.69 Å². The number of aldehydes is 1. The van der Waals surface area contributed by atoms with Crippen molar-refractivity contribution in [3.8, 4) is 0 Å². The highest BCUT2D eigenvalue weighted by Gasteiger charge is 2.05. The van der Waals surface area contributed by atoms with E-state index in [1.165, 1.54) is 13.1 Å². The van der Waals surface area contributed by atoms with E-state index in [4.69, 9.17) is 0 Å². The van der Waals surface area contributed by atoms with E-state index in [2.05, 4.69) is 10.3 Å². The van der Waals surface area contributed by atoms with Crippen LogP contribution in [0.5, 0.6) is 0 Å². The lowest BCUT2D eigenvalue weighted by molar-refractivity contribution is -0.118. The van der Waals surface area contributed by atoms with Crippen LogP contribution in [0.2, 0.25) is 0 Å². The van der Waals surface area contributed by atoms with Crippen LogP contribution >= 0.6 is 0 Å². The van der Waals surface area contributed by atoms with Gasteiger partial charge in [0, 0.05) is 13.2 Å². The Balaban J connectivity index is 2.95. The summed E-state index contributed by atoms with van der Waals surface area (Å²) in [6.07, 6.45) is 3.54. The maximum atomic E-state index is 11.1. The molecule has 0 aliphatic heterocycles. The summed E-state index contributed by atoms with van der Waals surface area (Å²) in [4.78, 5) is 25.6. The molecule has 1 N–H and O–H groups in total. The van der Waals surface area contributed by atoms with E-state index in [1.54, 1.807) is 24.4 Å². The average molecular weight is 190 g/mol. The van der Waals surface area contributed by atoms with Gasteiger partial charge in [0.25, 0.3) is 5.91 Å². The molecule has 1 rings (SSSR count). The first-order chi connectivity index (χ1) is 6.77. The third kappa shape index (κ3) is 2.52. The highest BCUT2D eigenvalue weighted by molar-refractivity contribution is 6.14. The Labute approximate surface area is 81.7 Å². The van der Waals surface area contributed by atoms with Gasteiger partial charge in [-0.2, -0.15) is 0 Å². The fourth-order valence-electron chi connectivity index (χ4n) is 0.918. The fourth-order valence-corrected chi connectivity index (χ4v) is 0.918. The molecular weight excluding hydrogens is 180 g/mol. The minimum absolute atomic E-state index is 0.0613. The van der Waals surface area contributed by atoms with Gasteiger partial charge >= 0.3 is 0 Å². The van der Waals surface area contributed by atoms with Crippen molar-refractivity contribution in [1.29, 1.82) is 0 Å². The quantitative estimate of drug-likeness (QED) is 0.325. The van der Waals surface area contributed by atoms with Gasteiger partial charge in [-0.3, -0.25) is 14.6 Å². The fraction of sp³-hybridized carbons (Fsp3) is 0.100. The molecule has 1 heterocycles. The molecule has 0 radical (unpaired) electrons. The third-order valence-corrected chi connectivity index (χ3v) is 1.61. The maximum absolute atomic E-state index is 11.1. The van der Waals surface area contributed by atoms with Gasteiger partial charge in [-0.1, -0.05) is 6.07 Å². The first-order valence-corrected chi connectivity index (χ1v) is 4.08. The van der Waals surface area contributed by atoms with Gasteiger partial charge in [-0.25, -0.2) is 0 Å². The van der Waals surface area contributed by atoms with Crippen LogP contribution in [0.4, 0.5) is 0 Å². The summed E-state index contributed by atoms with van der Waals surface area (Å²) in [7, 11) is 1.47. The van der Waals surface area contributed by atoms with Crippen molar-refractivity contribution in [2.45, 2.75) is 0 Å². The van der Waals surface area contributed by atoms with Gasteiger partial charge in [0.2, 0.25) is 0 Å². The lowest BCUT2D eigenvalue weighted by Crippen LogP contribution is -2.20. The second-order valence-corrected chi connectivity index (χ2v) is 2.55. The number of hydrogen-bond donors (Lipinski definition) is 1. The molecule has 0 spiro atoms. The molecule has 0 aliphatic carbocycles. The number of carbonyl (C=O) groups excluding carboxylic acids is 2. The number of likely N-dealkylation sites (N-methyl/N-ethyl adjacent to an activating group) is 1. The standard InChI is InChI=1S/C10H10N2O2/c1-11-10(14)8(7-13)6-9-4-2-3-5-12-9/h2-7H,1H3,(H,11,14). The highest BCUT2D eigenvalue weighted by atomic mass is 16.2. The van der Waals surface area contributed by atoms with Crippen LogP contribution in [0, 0.1) is 0 Å². The molecule has 0 unspecified atom stereocenters. The summed E-state index contributed by atoms with van der Waals surface area (Å²) in [6.45, 7) is 0. The highest BCUT2D eigenvalue weighted by Crippen LogP contribution is 2.01. The van der Waals surface area contributed by atoms with Gasteiger partial charge in [-0.05, 0) is 18.2 Å². The molecule has 14 heavy (non-hydrogen) atoms. The van der Waals surface area contributed by atoms with E-state index >= 15 is 0 Å². The normalized spacial score (nSPS) is 10.8. The van der Waals surface area contributed by atoms with Crippen molar-refractivity contribution in [2.24, 2.45) is 0 Å². The van der Waals surface area contributed by atoms with Gasteiger partial charge in [0.15, 0.2) is 6.29 Å². The number of amides is 1. The first kappa shape index (κ1) is 10.1. The largest absolute Gasteiger partial charge is 0.355 e. The summed E-state index contributed by atoms with van der Waals surface area (Å²) in [6, 6.07) is 5.26. The molecule has 0 bridgehead atoms. The molecule has 0 saturated heterocycles. The lowest BCUT2D eigenvalue weighted by Gasteiger charge is -1.97. The average Bonchev–Trinajstić information content (AvgIpc) is 2.26. The molecule has 1 amide bonds. The Morgan fingerprint density at radius 1 is 1.50 bits per heavy atom. The van der Waals surface area contributed by atoms with Crippen molar-refractivity contribution < 1.29 is 9.59 Å². The molecule has 0 atom stereocenters. The number of rotatable bonds is 3.